The van der Waals surface area contributed by atoms with Gasteiger partial charge < -0.3 is 9.88 Å². The van der Waals surface area contributed by atoms with Crippen LogP contribution in [0.15, 0.2) is 28.8 Å². The van der Waals surface area contributed by atoms with Crippen LogP contribution in [0.1, 0.15) is 27.7 Å². The lowest BCUT2D eigenvalue weighted by molar-refractivity contribution is -0.134. The van der Waals surface area contributed by atoms with E-state index in [0.29, 0.717) is 25.2 Å². The second-order valence-electron chi connectivity index (χ2n) is 6.89. The summed E-state index contributed by atoms with van der Waals surface area (Å²) in [6.45, 7) is 6.15. The van der Waals surface area contributed by atoms with Crippen molar-refractivity contribution in [3.8, 4) is 0 Å². The van der Waals surface area contributed by atoms with Gasteiger partial charge in [0.2, 0.25) is 5.91 Å². The predicted octanol–water partition coefficient (Wildman–Crippen LogP) is 3.67. The Hall–Kier alpha value is -1.59. The minimum atomic E-state index is -0.176. The molecule has 4 rings (SSSR count). The zero-order valence-electron chi connectivity index (χ0n) is 16.8. The van der Waals surface area contributed by atoms with Crippen molar-refractivity contribution in [3.05, 3.63) is 40.0 Å². The fraction of sp³-hybridized carbons (Fsp3) is 0.450. The highest BCUT2D eigenvalue weighted by atomic mass is 79.9. The second-order valence-corrected chi connectivity index (χ2v) is 7.69. The van der Waals surface area contributed by atoms with E-state index in [0.717, 1.165) is 33.1 Å². The minimum Gasteiger partial charge on any atom is -0.349 e. The smallest absolute Gasteiger partial charge is 0.230 e. The van der Waals surface area contributed by atoms with Gasteiger partial charge in [-0.2, -0.15) is 0 Å². The maximum Gasteiger partial charge on any atom is 0.230 e. The third kappa shape index (κ3) is 2.56. The van der Waals surface area contributed by atoms with Crippen LogP contribution in [0.2, 0.25) is 0 Å². The number of carbonyl (C=O) groups excluding carboxylic acids is 1. The normalized spacial score (nSPS) is 23.8. The molecule has 0 saturated heterocycles. The third-order valence-corrected chi connectivity index (χ3v) is 6.27. The Balaban J connectivity index is 1.89. The van der Waals surface area contributed by atoms with E-state index in [9.17, 15) is 4.79 Å². The maximum atomic E-state index is 13.0. The predicted molar refractivity (Wildman–Crippen MR) is 106 cm³/mol. The fourth-order valence-electron chi connectivity index (χ4n) is 4.27. The van der Waals surface area contributed by atoms with Gasteiger partial charge in [0.15, 0.2) is 0 Å². The van der Waals surface area contributed by atoms with Gasteiger partial charge in [-0.05, 0) is 66.0 Å². The van der Waals surface area contributed by atoms with Gasteiger partial charge in [0.25, 0.3) is 0 Å². The number of hydrogen-bond donors (Lipinski definition) is 1. The van der Waals surface area contributed by atoms with Gasteiger partial charge in [0, 0.05) is 36.6 Å². The van der Waals surface area contributed by atoms with Crippen LogP contribution in [0.25, 0.3) is 16.5 Å². The van der Waals surface area contributed by atoms with E-state index in [1.54, 1.807) is 6.07 Å². The standard InChI is InChI=1S/C20H24BrN3O/c1-4-24(5-2)20(25)12-9-14-13-7-6-8-16-18(13)15(19(21)22-16)10-17(14)23(3)11-12/h6-9,12,17,22H,4-5,10-11H2,1-3H3/t12-,17-/m1/s1/i6D,8D. The van der Waals surface area contributed by atoms with E-state index in [1.165, 1.54) is 0 Å². The number of fused-ring (bicyclic) bond motifs is 2. The number of hydrogen-bond acceptors (Lipinski definition) is 2. The first-order valence-corrected chi connectivity index (χ1v) is 9.67. The molecule has 2 heterocycles. The van der Waals surface area contributed by atoms with E-state index in [2.05, 4.69) is 38.9 Å². The van der Waals surface area contributed by atoms with Crippen LogP contribution in [-0.4, -0.2) is 53.4 Å². The molecular formula is C20H24BrN3O. The lowest BCUT2D eigenvalue weighted by Gasteiger charge is -2.40. The van der Waals surface area contributed by atoms with E-state index < -0.39 is 0 Å². The van der Waals surface area contributed by atoms with Gasteiger partial charge in [0.1, 0.15) is 0 Å². The Morgan fingerprint density at radius 3 is 2.96 bits per heavy atom. The number of amides is 1. The number of likely N-dealkylation sites (N-methyl/N-ethyl adjacent to an activating group) is 1. The molecule has 0 radical (unpaired) electrons. The van der Waals surface area contributed by atoms with Crippen LogP contribution >= 0.6 is 15.9 Å². The summed E-state index contributed by atoms with van der Waals surface area (Å²) in [6.07, 6.45) is 2.95. The molecule has 0 bridgehead atoms. The first-order valence-electron chi connectivity index (χ1n) is 9.88. The van der Waals surface area contributed by atoms with Crippen LogP contribution < -0.4 is 0 Å². The van der Waals surface area contributed by atoms with Crippen molar-refractivity contribution in [2.45, 2.75) is 26.3 Å². The fourth-order valence-corrected chi connectivity index (χ4v) is 4.83. The lowest BCUT2D eigenvalue weighted by atomic mass is 9.79. The van der Waals surface area contributed by atoms with Gasteiger partial charge in [-0.15, -0.1) is 0 Å². The number of carbonyl (C=O) groups is 1. The van der Waals surface area contributed by atoms with Crippen molar-refractivity contribution in [1.82, 2.24) is 14.8 Å². The molecule has 2 aliphatic rings. The summed E-state index contributed by atoms with van der Waals surface area (Å²) in [5.41, 5.74) is 3.98. The van der Waals surface area contributed by atoms with Crippen molar-refractivity contribution < 1.29 is 7.54 Å². The molecule has 25 heavy (non-hydrogen) atoms. The van der Waals surface area contributed by atoms with Crippen LogP contribution in [0.5, 0.6) is 0 Å². The molecule has 0 saturated carbocycles. The zero-order chi connectivity index (χ0) is 19.5. The van der Waals surface area contributed by atoms with Gasteiger partial charge >= 0.3 is 0 Å². The molecule has 0 unspecified atom stereocenters. The number of rotatable bonds is 3. The second kappa shape index (κ2) is 6.29. The molecule has 1 N–H and O–H groups in total. The Morgan fingerprint density at radius 1 is 1.48 bits per heavy atom. The van der Waals surface area contributed by atoms with Crippen molar-refractivity contribution >= 4 is 38.3 Å². The van der Waals surface area contributed by atoms with Crippen molar-refractivity contribution in [2.24, 2.45) is 5.92 Å². The molecule has 2 atom stereocenters. The highest BCUT2D eigenvalue weighted by molar-refractivity contribution is 9.10. The molecule has 1 aliphatic heterocycles. The van der Waals surface area contributed by atoms with E-state index in [1.807, 2.05) is 18.7 Å². The number of halogens is 1. The van der Waals surface area contributed by atoms with Crippen molar-refractivity contribution in [1.29, 1.82) is 0 Å². The first-order chi connectivity index (χ1) is 12.9. The van der Waals surface area contributed by atoms with Gasteiger partial charge in [-0.25, -0.2) is 0 Å². The summed E-state index contributed by atoms with van der Waals surface area (Å²) in [5.74, 6) is -0.0108. The first kappa shape index (κ1) is 14.6. The van der Waals surface area contributed by atoms with Crippen molar-refractivity contribution in [3.63, 3.8) is 0 Å². The number of aromatic nitrogens is 1. The molecule has 1 aromatic heterocycles. The van der Waals surface area contributed by atoms with Crippen LogP contribution in [0.3, 0.4) is 0 Å². The summed E-state index contributed by atoms with van der Waals surface area (Å²) >= 11 is 3.61. The Kier molecular flexibility index (Phi) is 3.67. The Morgan fingerprint density at radius 2 is 2.24 bits per heavy atom. The molecule has 0 fully saturated rings. The summed E-state index contributed by atoms with van der Waals surface area (Å²) in [6, 6.07) is 2.41. The SMILES string of the molecule is [2H]c1cc2c3c(c(Br)[nH]c3c1[2H])C[C@@H]1C2=C[C@@H](C(=O)N(CC)CC)CN1C. The molecule has 1 aromatic carbocycles. The highest BCUT2D eigenvalue weighted by Gasteiger charge is 2.37. The zero-order valence-corrected chi connectivity index (χ0v) is 16.4. The highest BCUT2D eigenvalue weighted by Crippen LogP contribution is 2.43. The van der Waals surface area contributed by atoms with Gasteiger partial charge in [0.05, 0.1) is 13.3 Å². The average molecular weight is 404 g/mol. The third-order valence-electron chi connectivity index (χ3n) is 5.59. The monoisotopic (exact) mass is 403 g/mol. The number of nitrogens with one attached hydrogen (secondary N) is 1. The number of benzene rings is 1. The topological polar surface area (TPSA) is 39.3 Å². The molecule has 132 valence electrons. The van der Waals surface area contributed by atoms with Crippen LogP contribution in [0.4, 0.5) is 0 Å². The molecule has 1 amide bonds. The molecule has 5 heteroatoms. The van der Waals surface area contributed by atoms with Crippen molar-refractivity contribution in [2.75, 3.05) is 26.7 Å². The van der Waals surface area contributed by atoms with E-state index >= 15 is 0 Å². The average Bonchev–Trinajstić information content (AvgIpc) is 2.98. The van der Waals surface area contributed by atoms with Crippen LogP contribution in [-0.2, 0) is 11.2 Å². The summed E-state index contributed by atoms with van der Waals surface area (Å²) in [4.78, 5) is 20.4. The van der Waals surface area contributed by atoms with Crippen LogP contribution in [0, 0.1) is 5.92 Å². The number of nitrogens with zero attached hydrogens (tertiary/aromatic N) is 2. The molecule has 4 nitrogen and oxygen atoms in total. The quantitative estimate of drug-likeness (QED) is 0.848. The summed E-state index contributed by atoms with van der Waals surface area (Å²) < 4.78 is 17.4. The summed E-state index contributed by atoms with van der Waals surface area (Å²) in [5, 5.41) is 1.02. The minimum absolute atomic E-state index is 0.165. The van der Waals surface area contributed by atoms with E-state index in [-0.39, 0.29) is 30.0 Å². The van der Waals surface area contributed by atoms with Gasteiger partial charge in [-0.3, -0.25) is 9.69 Å². The molecule has 0 spiro atoms. The maximum absolute atomic E-state index is 13.0. The summed E-state index contributed by atoms with van der Waals surface area (Å²) in [7, 11) is 2.07. The Labute approximate surface area is 159 Å². The lowest BCUT2D eigenvalue weighted by Crippen LogP contribution is -2.47. The largest absolute Gasteiger partial charge is 0.349 e. The number of aromatic amines is 1. The number of H-pyrrole nitrogens is 1. The molecular weight excluding hydrogens is 378 g/mol. The molecule has 2 aromatic rings. The van der Waals surface area contributed by atoms with Gasteiger partial charge in [-0.1, -0.05) is 18.2 Å². The van der Waals surface area contributed by atoms with E-state index in [4.69, 9.17) is 2.74 Å². The molecule has 1 aliphatic carbocycles. The Bertz CT molecular complexity index is 964.